The van der Waals surface area contributed by atoms with Crippen LogP contribution in [0, 0.1) is 20.8 Å². The molecule has 0 atom stereocenters. The third-order valence-corrected chi connectivity index (χ3v) is 3.08. The molecule has 1 aromatic carbocycles. The summed E-state index contributed by atoms with van der Waals surface area (Å²) in [5, 5.41) is 3.33. The van der Waals surface area contributed by atoms with E-state index in [2.05, 4.69) is 46.5 Å². The third kappa shape index (κ3) is 3.44. The van der Waals surface area contributed by atoms with Crippen LogP contribution in [0.15, 0.2) is 24.3 Å². The minimum Gasteiger partial charge on any atom is -0.383 e. The zero-order valence-electron chi connectivity index (χ0n) is 11.7. The quantitative estimate of drug-likeness (QED) is 0.882. The Morgan fingerprint density at radius 1 is 1.16 bits per heavy atom. The largest absolute Gasteiger partial charge is 0.383 e. The number of aromatic nitrogens is 2. The number of hydrogen-bond acceptors (Lipinski definition) is 4. The lowest BCUT2D eigenvalue weighted by atomic mass is 10.1. The van der Waals surface area contributed by atoms with E-state index in [0.29, 0.717) is 11.6 Å². The van der Waals surface area contributed by atoms with Crippen molar-refractivity contribution in [1.82, 2.24) is 9.97 Å². The summed E-state index contributed by atoms with van der Waals surface area (Å²) < 4.78 is 0. The molecule has 2 rings (SSSR count). The maximum Gasteiger partial charge on any atom is 0.134 e. The molecule has 0 bridgehead atoms. The lowest BCUT2D eigenvalue weighted by molar-refractivity contribution is 0.972. The van der Waals surface area contributed by atoms with Crippen molar-refractivity contribution in [3.8, 4) is 0 Å². The second-order valence-electron chi connectivity index (χ2n) is 4.80. The van der Waals surface area contributed by atoms with E-state index in [-0.39, 0.29) is 0 Å². The molecule has 0 aliphatic carbocycles. The van der Waals surface area contributed by atoms with Crippen molar-refractivity contribution >= 4 is 11.6 Å². The van der Waals surface area contributed by atoms with E-state index in [1.54, 1.807) is 0 Å². The number of nitrogens with zero attached hydrogens (tertiary/aromatic N) is 2. The smallest absolute Gasteiger partial charge is 0.134 e. The van der Waals surface area contributed by atoms with Gasteiger partial charge in [0.2, 0.25) is 0 Å². The number of hydrogen-bond donors (Lipinski definition) is 2. The molecule has 19 heavy (non-hydrogen) atoms. The summed E-state index contributed by atoms with van der Waals surface area (Å²) in [6.07, 6.45) is 0.962. The molecule has 1 aromatic heterocycles. The van der Waals surface area contributed by atoms with E-state index >= 15 is 0 Å². The van der Waals surface area contributed by atoms with E-state index < -0.39 is 0 Å². The van der Waals surface area contributed by atoms with Crippen LogP contribution in [0.4, 0.5) is 11.6 Å². The number of rotatable bonds is 4. The van der Waals surface area contributed by atoms with Gasteiger partial charge < -0.3 is 11.1 Å². The number of nitrogen functional groups attached to an aromatic ring is 1. The van der Waals surface area contributed by atoms with Gasteiger partial charge in [-0.05, 0) is 32.8 Å². The van der Waals surface area contributed by atoms with Crippen molar-refractivity contribution < 1.29 is 0 Å². The van der Waals surface area contributed by atoms with E-state index in [1.807, 2.05) is 13.8 Å². The van der Waals surface area contributed by atoms with Crippen LogP contribution in [-0.4, -0.2) is 16.5 Å². The first-order valence-electron chi connectivity index (χ1n) is 6.46. The number of anilines is 2. The van der Waals surface area contributed by atoms with Crippen molar-refractivity contribution in [3.05, 3.63) is 46.8 Å². The highest BCUT2D eigenvalue weighted by Gasteiger charge is 2.05. The molecule has 0 saturated heterocycles. The molecule has 3 N–H and O–H groups in total. The van der Waals surface area contributed by atoms with E-state index in [4.69, 9.17) is 5.73 Å². The van der Waals surface area contributed by atoms with Gasteiger partial charge >= 0.3 is 0 Å². The Morgan fingerprint density at radius 2 is 1.95 bits per heavy atom. The summed E-state index contributed by atoms with van der Waals surface area (Å²) in [6.45, 7) is 6.72. The maximum atomic E-state index is 5.83. The molecule has 4 nitrogen and oxygen atoms in total. The molecular formula is C15H20N4. The minimum atomic E-state index is 0.547. The molecule has 100 valence electrons. The monoisotopic (exact) mass is 256 g/mol. The summed E-state index contributed by atoms with van der Waals surface area (Å²) in [6, 6.07) is 8.54. The fourth-order valence-corrected chi connectivity index (χ4v) is 2.02. The van der Waals surface area contributed by atoms with Crippen LogP contribution in [0.2, 0.25) is 0 Å². The Hall–Kier alpha value is -2.10. The second kappa shape index (κ2) is 5.69. The molecule has 0 unspecified atom stereocenters. The third-order valence-electron chi connectivity index (χ3n) is 3.08. The van der Waals surface area contributed by atoms with Gasteiger partial charge in [-0.1, -0.05) is 29.8 Å². The predicted molar refractivity (Wildman–Crippen MR) is 79.3 cm³/mol. The zero-order chi connectivity index (χ0) is 13.8. The van der Waals surface area contributed by atoms with Gasteiger partial charge in [0, 0.05) is 12.1 Å². The van der Waals surface area contributed by atoms with E-state index in [0.717, 1.165) is 24.3 Å². The molecular weight excluding hydrogens is 236 g/mol. The van der Waals surface area contributed by atoms with E-state index in [1.165, 1.54) is 11.1 Å². The summed E-state index contributed by atoms with van der Waals surface area (Å²) >= 11 is 0. The summed E-state index contributed by atoms with van der Waals surface area (Å²) in [4.78, 5) is 8.52. The van der Waals surface area contributed by atoms with Gasteiger partial charge in [-0.15, -0.1) is 0 Å². The Labute approximate surface area is 114 Å². The van der Waals surface area contributed by atoms with Crippen LogP contribution >= 0.6 is 0 Å². The Morgan fingerprint density at radius 3 is 2.68 bits per heavy atom. The Balaban J connectivity index is 2.00. The van der Waals surface area contributed by atoms with Gasteiger partial charge in [-0.3, -0.25) is 0 Å². The van der Waals surface area contributed by atoms with Crippen molar-refractivity contribution in [2.24, 2.45) is 0 Å². The number of nitrogens with one attached hydrogen (secondary N) is 1. The van der Waals surface area contributed by atoms with Crippen LogP contribution in [0.25, 0.3) is 0 Å². The topological polar surface area (TPSA) is 63.8 Å². The standard InChI is InChI=1S/C15H20N4/c1-10-5-4-6-13(9-10)7-8-17-15-11(2)14(16)18-12(3)19-15/h4-6,9H,7-8H2,1-3H3,(H3,16,17,18,19). The molecule has 0 radical (unpaired) electrons. The average Bonchev–Trinajstić information content (AvgIpc) is 2.35. The maximum absolute atomic E-state index is 5.83. The highest BCUT2D eigenvalue weighted by atomic mass is 15.0. The molecule has 0 aliphatic rings. The summed E-state index contributed by atoms with van der Waals surface area (Å²) in [5.41, 5.74) is 9.36. The molecule has 0 spiro atoms. The van der Waals surface area contributed by atoms with Gasteiger partial charge in [0.05, 0.1) is 0 Å². The molecule has 1 heterocycles. The average molecular weight is 256 g/mol. The fraction of sp³-hybridized carbons (Fsp3) is 0.333. The first-order valence-corrected chi connectivity index (χ1v) is 6.46. The first-order chi connectivity index (χ1) is 9.06. The number of nitrogens with two attached hydrogens (primary N) is 1. The lowest BCUT2D eigenvalue weighted by Gasteiger charge is -2.11. The van der Waals surface area contributed by atoms with Crippen molar-refractivity contribution in [2.75, 3.05) is 17.6 Å². The van der Waals surface area contributed by atoms with Gasteiger partial charge in [0.25, 0.3) is 0 Å². The van der Waals surface area contributed by atoms with Crippen LogP contribution in [0.3, 0.4) is 0 Å². The number of benzene rings is 1. The van der Waals surface area contributed by atoms with Gasteiger partial charge in [0.15, 0.2) is 0 Å². The van der Waals surface area contributed by atoms with Crippen LogP contribution in [0.5, 0.6) is 0 Å². The van der Waals surface area contributed by atoms with Gasteiger partial charge in [-0.2, -0.15) is 0 Å². The Kier molecular flexibility index (Phi) is 4.00. The SMILES string of the molecule is Cc1cccc(CCNc2nc(C)nc(N)c2C)c1. The highest BCUT2D eigenvalue weighted by molar-refractivity contribution is 5.54. The molecule has 0 amide bonds. The van der Waals surface area contributed by atoms with Crippen molar-refractivity contribution in [2.45, 2.75) is 27.2 Å². The normalized spacial score (nSPS) is 10.5. The molecule has 0 fully saturated rings. The van der Waals surface area contributed by atoms with Crippen LogP contribution < -0.4 is 11.1 Å². The minimum absolute atomic E-state index is 0.547. The highest BCUT2D eigenvalue weighted by Crippen LogP contribution is 2.16. The molecule has 2 aromatic rings. The van der Waals surface area contributed by atoms with Crippen LogP contribution in [0.1, 0.15) is 22.5 Å². The molecule has 4 heteroatoms. The second-order valence-corrected chi connectivity index (χ2v) is 4.80. The zero-order valence-corrected chi connectivity index (χ0v) is 11.7. The van der Waals surface area contributed by atoms with Crippen LogP contribution in [-0.2, 0) is 6.42 Å². The van der Waals surface area contributed by atoms with Crippen molar-refractivity contribution in [1.29, 1.82) is 0 Å². The fourth-order valence-electron chi connectivity index (χ4n) is 2.02. The Bertz CT molecular complexity index is 578. The summed E-state index contributed by atoms with van der Waals surface area (Å²) in [5.74, 6) is 2.07. The van der Waals surface area contributed by atoms with Crippen molar-refractivity contribution in [3.63, 3.8) is 0 Å². The van der Waals surface area contributed by atoms with Gasteiger partial charge in [0.1, 0.15) is 17.5 Å². The lowest BCUT2D eigenvalue weighted by Crippen LogP contribution is -2.11. The predicted octanol–water partition coefficient (Wildman–Crippen LogP) is 2.64. The van der Waals surface area contributed by atoms with Gasteiger partial charge in [-0.25, -0.2) is 9.97 Å². The van der Waals surface area contributed by atoms with E-state index in [9.17, 15) is 0 Å². The number of aryl methyl sites for hydroxylation is 2. The first kappa shape index (κ1) is 13.3. The molecule has 0 saturated carbocycles. The summed E-state index contributed by atoms with van der Waals surface area (Å²) in [7, 11) is 0. The molecule has 0 aliphatic heterocycles.